The van der Waals surface area contributed by atoms with Gasteiger partial charge in [-0.25, -0.2) is 0 Å². The van der Waals surface area contributed by atoms with E-state index in [-0.39, 0.29) is 6.04 Å². The van der Waals surface area contributed by atoms with Crippen LogP contribution in [0.15, 0.2) is 12.1 Å². The molecule has 0 spiro atoms. The van der Waals surface area contributed by atoms with Crippen LogP contribution < -0.4 is 10.1 Å². The predicted molar refractivity (Wildman–Crippen MR) is 84.6 cm³/mol. The van der Waals surface area contributed by atoms with Crippen molar-refractivity contribution in [3.05, 3.63) is 28.8 Å². The Morgan fingerprint density at radius 1 is 1.15 bits per heavy atom. The van der Waals surface area contributed by atoms with Crippen molar-refractivity contribution in [2.24, 2.45) is 0 Å². The van der Waals surface area contributed by atoms with E-state index < -0.39 is 0 Å². The quantitative estimate of drug-likeness (QED) is 0.698. The van der Waals surface area contributed by atoms with Gasteiger partial charge in [0.15, 0.2) is 0 Å². The first kappa shape index (κ1) is 17.0. The van der Waals surface area contributed by atoms with Crippen LogP contribution in [-0.4, -0.2) is 26.9 Å². The van der Waals surface area contributed by atoms with Crippen LogP contribution in [0.25, 0.3) is 0 Å². The van der Waals surface area contributed by atoms with E-state index in [1.54, 1.807) is 7.11 Å². The highest BCUT2D eigenvalue weighted by Crippen LogP contribution is 2.30. The molecule has 3 nitrogen and oxygen atoms in total. The molecule has 20 heavy (non-hydrogen) atoms. The fourth-order valence-electron chi connectivity index (χ4n) is 2.46. The molecule has 0 aliphatic rings. The normalized spacial score (nSPS) is 12.4. The molecule has 1 unspecified atom stereocenters. The van der Waals surface area contributed by atoms with Crippen molar-refractivity contribution in [2.45, 2.75) is 46.6 Å². The number of methoxy groups -OCH3 is 1. The van der Waals surface area contributed by atoms with Crippen LogP contribution in [0.4, 0.5) is 0 Å². The summed E-state index contributed by atoms with van der Waals surface area (Å²) >= 11 is 0. The van der Waals surface area contributed by atoms with E-state index in [1.807, 2.05) is 0 Å². The van der Waals surface area contributed by atoms with Crippen molar-refractivity contribution in [3.63, 3.8) is 0 Å². The van der Waals surface area contributed by atoms with Crippen molar-refractivity contribution >= 4 is 0 Å². The molecule has 1 N–H and O–H groups in total. The van der Waals surface area contributed by atoms with Crippen molar-refractivity contribution in [2.75, 3.05) is 26.9 Å². The summed E-state index contributed by atoms with van der Waals surface area (Å²) in [7, 11) is 1.74. The molecule has 0 aromatic heterocycles. The van der Waals surface area contributed by atoms with Gasteiger partial charge < -0.3 is 14.8 Å². The Bertz CT molecular complexity index is 404. The summed E-state index contributed by atoms with van der Waals surface area (Å²) in [6.07, 6.45) is 2.15. The lowest BCUT2D eigenvalue weighted by Crippen LogP contribution is -2.27. The van der Waals surface area contributed by atoms with Gasteiger partial charge in [0.1, 0.15) is 5.75 Å². The van der Waals surface area contributed by atoms with Gasteiger partial charge in [-0.15, -0.1) is 0 Å². The maximum atomic E-state index is 5.76. The van der Waals surface area contributed by atoms with E-state index in [2.05, 4.69) is 45.1 Å². The molecule has 3 heteroatoms. The smallest absolute Gasteiger partial charge is 0.124 e. The number of hydrogen-bond donors (Lipinski definition) is 1. The summed E-state index contributed by atoms with van der Waals surface area (Å²) in [5.41, 5.74) is 3.71. The zero-order valence-corrected chi connectivity index (χ0v) is 13.6. The Morgan fingerprint density at radius 2 is 1.90 bits per heavy atom. The lowest BCUT2D eigenvalue weighted by Gasteiger charge is -2.23. The van der Waals surface area contributed by atoms with Gasteiger partial charge in [-0.05, 0) is 50.4 Å². The van der Waals surface area contributed by atoms with Crippen LogP contribution in [-0.2, 0) is 4.74 Å². The second-order valence-electron chi connectivity index (χ2n) is 5.28. The minimum Gasteiger partial charge on any atom is -0.496 e. The van der Waals surface area contributed by atoms with Crippen molar-refractivity contribution < 1.29 is 9.47 Å². The van der Waals surface area contributed by atoms with Gasteiger partial charge in [-0.1, -0.05) is 19.9 Å². The van der Waals surface area contributed by atoms with E-state index in [1.165, 1.54) is 16.7 Å². The van der Waals surface area contributed by atoms with Crippen molar-refractivity contribution in [3.8, 4) is 5.75 Å². The third-order valence-electron chi connectivity index (χ3n) is 3.34. The molecule has 0 saturated heterocycles. The second-order valence-corrected chi connectivity index (χ2v) is 5.28. The number of rotatable bonds is 9. The SMILES string of the molecule is CCCNC(COCCC)c1c(C)cc(C)cc1OC. The number of aryl methyl sites for hydroxylation is 2. The maximum Gasteiger partial charge on any atom is 0.124 e. The molecule has 0 heterocycles. The van der Waals surface area contributed by atoms with E-state index in [9.17, 15) is 0 Å². The lowest BCUT2D eigenvalue weighted by atomic mass is 9.98. The summed E-state index contributed by atoms with van der Waals surface area (Å²) in [4.78, 5) is 0. The van der Waals surface area contributed by atoms with Crippen LogP contribution in [0.5, 0.6) is 5.75 Å². The molecule has 0 aliphatic carbocycles. The van der Waals surface area contributed by atoms with E-state index in [4.69, 9.17) is 9.47 Å². The van der Waals surface area contributed by atoms with Crippen molar-refractivity contribution in [1.29, 1.82) is 0 Å². The number of hydrogen-bond acceptors (Lipinski definition) is 3. The molecule has 114 valence electrons. The molecule has 0 bridgehead atoms. The van der Waals surface area contributed by atoms with Crippen LogP contribution in [0.2, 0.25) is 0 Å². The van der Waals surface area contributed by atoms with Gasteiger partial charge in [-0.3, -0.25) is 0 Å². The fourth-order valence-corrected chi connectivity index (χ4v) is 2.46. The van der Waals surface area contributed by atoms with Crippen LogP contribution in [0.1, 0.15) is 49.4 Å². The molecule has 1 aromatic carbocycles. The molecule has 0 aliphatic heterocycles. The highest BCUT2D eigenvalue weighted by molar-refractivity contribution is 5.45. The lowest BCUT2D eigenvalue weighted by molar-refractivity contribution is 0.111. The van der Waals surface area contributed by atoms with Gasteiger partial charge >= 0.3 is 0 Å². The largest absolute Gasteiger partial charge is 0.496 e. The zero-order valence-electron chi connectivity index (χ0n) is 13.6. The molecule has 1 atom stereocenters. The summed E-state index contributed by atoms with van der Waals surface area (Å²) in [5.74, 6) is 0.955. The van der Waals surface area contributed by atoms with E-state index >= 15 is 0 Å². The maximum absolute atomic E-state index is 5.76. The molecule has 0 radical (unpaired) electrons. The minimum atomic E-state index is 0.192. The third-order valence-corrected chi connectivity index (χ3v) is 3.34. The molecule has 1 rings (SSSR count). The Labute approximate surface area is 123 Å². The molecular weight excluding hydrogens is 250 g/mol. The average molecular weight is 279 g/mol. The first-order chi connectivity index (χ1) is 9.63. The average Bonchev–Trinajstić information content (AvgIpc) is 2.42. The Balaban J connectivity index is 2.98. The van der Waals surface area contributed by atoms with Gasteiger partial charge in [0.05, 0.1) is 19.8 Å². The summed E-state index contributed by atoms with van der Waals surface area (Å²) in [6, 6.07) is 4.50. The fraction of sp³-hybridized carbons (Fsp3) is 0.647. The second kappa shape index (κ2) is 8.98. The topological polar surface area (TPSA) is 30.5 Å². The highest BCUT2D eigenvalue weighted by atomic mass is 16.5. The number of nitrogens with one attached hydrogen (secondary N) is 1. The first-order valence-corrected chi connectivity index (χ1v) is 7.60. The molecular formula is C17H29NO2. The van der Waals surface area contributed by atoms with Crippen LogP contribution in [0.3, 0.4) is 0 Å². The molecule has 0 fully saturated rings. The summed E-state index contributed by atoms with van der Waals surface area (Å²) in [6.45, 7) is 11.0. The Hall–Kier alpha value is -1.06. The van der Waals surface area contributed by atoms with Gasteiger partial charge in [0, 0.05) is 12.2 Å². The van der Waals surface area contributed by atoms with Gasteiger partial charge in [0.2, 0.25) is 0 Å². The highest BCUT2D eigenvalue weighted by Gasteiger charge is 2.18. The van der Waals surface area contributed by atoms with Crippen LogP contribution in [0, 0.1) is 13.8 Å². The van der Waals surface area contributed by atoms with Gasteiger partial charge in [0.25, 0.3) is 0 Å². The Morgan fingerprint density at radius 3 is 2.50 bits per heavy atom. The summed E-state index contributed by atoms with van der Waals surface area (Å²) < 4.78 is 11.3. The van der Waals surface area contributed by atoms with E-state index in [0.29, 0.717) is 6.61 Å². The van der Waals surface area contributed by atoms with Gasteiger partial charge in [-0.2, -0.15) is 0 Å². The van der Waals surface area contributed by atoms with Crippen molar-refractivity contribution in [1.82, 2.24) is 5.32 Å². The molecule has 1 aromatic rings. The first-order valence-electron chi connectivity index (χ1n) is 7.60. The van der Waals surface area contributed by atoms with Crippen LogP contribution >= 0.6 is 0 Å². The standard InChI is InChI=1S/C17H29NO2/c1-6-8-18-15(12-20-9-7-2)17-14(4)10-13(3)11-16(17)19-5/h10-11,15,18H,6-9,12H2,1-5H3. The molecule has 0 amide bonds. The predicted octanol–water partition coefficient (Wildman–Crippen LogP) is 3.78. The summed E-state index contributed by atoms with van der Waals surface area (Å²) in [5, 5.41) is 3.57. The zero-order chi connectivity index (χ0) is 15.0. The van der Waals surface area contributed by atoms with E-state index in [0.717, 1.165) is 31.7 Å². The number of ether oxygens (including phenoxy) is 2. The monoisotopic (exact) mass is 279 g/mol. The molecule has 0 saturated carbocycles. The third kappa shape index (κ3) is 4.80. The minimum absolute atomic E-state index is 0.192. The number of benzene rings is 1. The Kier molecular flexibility index (Phi) is 7.63.